The van der Waals surface area contributed by atoms with Crippen molar-refractivity contribution >= 4 is 27.2 Å². The van der Waals surface area contributed by atoms with Crippen molar-refractivity contribution in [2.75, 3.05) is 16.7 Å². The Bertz CT molecular complexity index is 713. The molecule has 0 atom stereocenters. The van der Waals surface area contributed by atoms with Crippen LogP contribution in [0.25, 0.3) is 0 Å². The molecule has 3 rings (SSSR count). The molecule has 0 aliphatic carbocycles. The molecule has 2 aromatic rings. The second-order valence-corrected chi connectivity index (χ2v) is 5.90. The van der Waals surface area contributed by atoms with Crippen molar-refractivity contribution in [2.45, 2.75) is 4.90 Å². The Morgan fingerprint density at radius 3 is 2.78 bits per heavy atom. The molecule has 1 aliphatic heterocycles. The van der Waals surface area contributed by atoms with Crippen molar-refractivity contribution in [3.8, 4) is 0 Å². The van der Waals surface area contributed by atoms with Crippen molar-refractivity contribution < 1.29 is 8.42 Å². The first-order valence-corrected chi connectivity index (χ1v) is 6.85. The molecule has 0 radical (unpaired) electrons. The molecule has 92 valence electrons. The predicted molar refractivity (Wildman–Crippen MR) is 69.6 cm³/mol. The number of anilines is 3. The van der Waals surface area contributed by atoms with E-state index in [9.17, 15) is 8.42 Å². The van der Waals surface area contributed by atoms with Crippen molar-refractivity contribution in [2.24, 2.45) is 0 Å². The zero-order valence-electron chi connectivity index (χ0n) is 9.66. The summed E-state index contributed by atoms with van der Waals surface area (Å²) >= 11 is 0. The highest BCUT2D eigenvalue weighted by Gasteiger charge is 2.29. The van der Waals surface area contributed by atoms with Crippen molar-refractivity contribution in [3.05, 3.63) is 42.6 Å². The monoisotopic (exact) mass is 261 g/mol. The minimum atomic E-state index is -3.56. The summed E-state index contributed by atoms with van der Waals surface area (Å²) in [6.45, 7) is 0. The summed E-state index contributed by atoms with van der Waals surface area (Å²) in [4.78, 5) is 4.28. The molecule has 0 unspecified atom stereocenters. The second kappa shape index (κ2) is 3.71. The smallest absolute Gasteiger partial charge is 0.267 e. The van der Waals surface area contributed by atoms with Crippen LogP contribution < -0.4 is 9.62 Å². The molecule has 0 saturated heterocycles. The van der Waals surface area contributed by atoms with E-state index in [4.69, 9.17) is 0 Å². The molecular weight excluding hydrogens is 250 g/mol. The summed E-state index contributed by atoms with van der Waals surface area (Å²) in [5.41, 5.74) is 1.33. The lowest BCUT2D eigenvalue weighted by Gasteiger charge is -2.18. The van der Waals surface area contributed by atoms with Crippen molar-refractivity contribution in [3.63, 3.8) is 0 Å². The summed E-state index contributed by atoms with van der Waals surface area (Å²) in [5.74, 6) is 0.356. The van der Waals surface area contributed by atoms with Gasteiger partial charge in [0, 0.05) is 13.2 Å². The summed E-state index contributed by atoms with van der Waals surface area (Å²) in [7, 11) is -2.02. The Morgan fingerprint density at radius 1 is 1.17 bits per heavy atom. The van der Waals surface area contributed by atoms with Crippen molar-refractivity contribution in [1.82, 2.24) is 4.98 Å². The number of aromatic nitrogens is 1. The number of hydrogen-bond acceptors (Lipinski definition) is 4. The molecule has 0 saturated carbocycles. The molecule has 0 fully saturated rings. The maximum atomic E-state index is 12.4. The van der Waals surface area contributed by atoms with Crippen molar-refractivity contribution in [1.29, 1.82) is 0 Å². The van der Waals surface area contributed by atoms with Gasteiger partial charge in [-0.15, -0.1) is 0 Å². The van der Waals surface area contributed by atoms with Crippen LogP contribution >= 0.6 is 0 Å². The number of para-hydroxylation sites is 2. The van der Waals surface area contributed by atoms with Gasteiger partial charge in [0.2, 0.25) is 0 Å². The standard InChI is InChI=1S/C12H11N3O2S/c1-15-10-6-3-2-5-9(10)14-12-11(18(15,16)17)7-4-8-13-12/h2-8H,1H3,(H,13,14). The topological polar surface area (TPSA) is 62.3 Å². The van der Waals surface area contributed by atoms with Gasteiger partial charge >= 0.3 is 0 Å². The second-order valence-electron chi connectivity index (χ2n) is 3.96. The van der Waals surface area contributed by atoms with Crippen LogP contribution in [0.2, 0.25) is 0 Å². The summed E-state index contributed by atoms with van der Waals surface area (Å²) in [5, 5.41) is 3.06. The number of rotatable bonds is 0. The molecule has 1 aliphatic rings. The Labute approximate surface area is 105 Å². The van der Waals surface area contributed by atoms with Crippen LogP contribution in [0.5, 0.6) is 0 Å². The summed E-state index contributed by atoms with van der Waals surface area (Å²) in [6, 6.07) is 10.4. The quantitative estimate of drug-likeness (QED) is 0.787. The lowest BCUT2D eigenvalue weighted by molar-refractivity contribution is 0.595. The highest BCUT2D eigenvalue weighted by molar-refractivity contribution is 7.93. The van der Waals surface area contributed by atoms with Gasteiger partial charge < -0.3 is 5.32 Å². The number of fused-ring (bicyclic) bond motifs is 2. The van der Waals surface area contributed by atoms with E-state index >= 15 is 0 Å². The Balaban J connectivity index is 2.35. The van der Waals surface area contributed by atoms with E-state index in [0.717, 1.165) is 5.69 Å². The third-order valence-corrected chi connectivity index (χ3v) is 4.71. The minimum absolute atomic E-state index is 0.184. The van der Waals surface area contributed by atoms with E-state index in [-0.39, 0.29) is 4.90 Å². The average Bonchev–Trinajstić information content (AvgIpc) is 2.46. The first-order valence-electron chi connectivity index (χ1n) is 5.41. The lowest BCUT2D eigenvalue weighted by atomic mass is 10.2. The molecule has 1 aromatic carbocycles. The van der Waals surface area contributed by atoms with Crippen LogP contribution in [0, 0.1) is 0 Å². The summed E-state index contributed by atoms with van der Waals surface area (Å²) in [6.07, 6.45) is 1.56. The fourth-order valence-electron chi connectivity index (χ4n) is 1.95. The molecule has 2 heterocycles. The highest BCUT2D eigenvalue weighted by atomic mass is 32.2. The number of hydrogen-bond donors (Lipinski definition) is 1. The molecule has 0 bridgehead atoms. The van der Waals surface area contributed by atoms with Gasteiger partial charge in [-0.2, -0.15) is 0 Å². The van der Waals surface area contributed by atoms with E-state index in [1.54, 1.807) is 30.5 Å². The number of nitrogens with one attached hydrogen (secondary N) is 1. The van der Waals surface area contributed by atoms with Crippen LogP contribution in [0.4, 0.5) is 17.2 Å². The number of nitrogens with zero attached hydrogens (tertiary/aromatic N) is 2. The zero-order chi connectivity index (χ0) is 12.8. The molecule has 1 N–H and O–H groups in total. The van der Waals surface area contributed by atoms with Gasteiger partial charge in [0.15, 0.2) is 5.82 Å². The molecule has 5 nitrogen and oxygen atoms in total. The molecule has 6 heteroatoms. The van der Waals surface area contributed by atoms with E-state index in [1.165, 1.54) is 11.4 Å². The van der Waals surface area contributed by atoms with Crippen LogP contribution in [-0.4, -0.2) is 20.4 Å². The molecule has 18 heavy (non-hydrogen) atoms. The molecular formula is C12H11N3O2S. The van der Waals surface area contributed by atoms with E-state index in [0.29, 0.717) is 11.5 Å². The van der Waals surface area contributed by atoms with Crippen LogP contribution in [0.15, 0.2) is 47.5 Å². The number of benzene rings is 1. The SMILES string of the molecule is CN1c2ccccc2Nc2ncccc2S1(=O)=O. The van der Waals surface area contributed by atoms with Gasteiger partial charge in [-0.1, -0.05) is 12.1 Å². The first kappa shape index (κ1) is 11.0. The third-order valence-electron chi connectivity index (χ3n) is 2.91. The maximum Gasteiger partial charge on any atom is 0.267 e. The van der Waals surface area contributed by atoms with Gasteiger partial charge in [0.1, 0.15) is 4.90 Å². The molecule has 1 aromatic heterocycles. The summed E-state index contributed by atoms with van der Waals surface area (Å²) < 4.78 is 26.1. The largest absolute Gasteiger partial charge is 0.337 e. The first-order chi connectivity index (χ1) is 8.60. The van der Waals surface area contributed by atoms with Gasteiger partial charge in [-0.25, -0.2) is 13.4 Å². The normalized spacial score (nSPS) is 16.2. The Hall–Kier alpha value is -2.08. The molecule has 0 amide bonds. The molecule has 0 spiro atoms. The Kier molecular flexibility index (Phi) is 2.27. The van der Waals surface area contributed by atoms with Crippen LogP contribution in [-0.2, 0) is 10.0 Å². The van der Waals surface area contributed by atoms with Gasteiger partial charge in [-0.05, 0) is 24.3 Å². The minimum Gasteiger partial charge on any atom is -0.337 e. The lowest BCUT2D eigenvalue weighted by Crippen LogP contribution is -2.25. The maximum absolute atomic E-state index is 12.4. The van der Waals surface area contributed by atoms with Crippen LogP contribution in [0.1, 0.15) is 0 Å². The number of pyridine rings is 1. The highest BCUT2D eigenvalue weighted by Crippen LogP contribution is 2.37. The fraction of sp³-hybridized carbons (Fsp3) is 0.0833. The van der Waals surface area contributed by atoms with E-state index < -0.39 is 10.0 Å². The van der Waals surface area contributed by atoms with Gasteiger partial charge in [0.05, 0.1) is 11.4 Å². The van der Waals surface area contributed by atoms with Gasteiger partial charge in [0.25, 0.3) is 10.0 Å². The number of sulfonamides is 1. The fourth-order valence-corrected chi connectivity index (χ4v) is 3.26. The Morgan fingerprint density at radius 2 is 1.94 bits per heavy atom. The third kappa shape index (κ3) is 1.46. The van der Waals surface area contributed by atoms with Gasteiger partial charge in [-0.3, -0.25) is 4.31 Å². The van der Waals surface area contributed by atoms with Crippen LogP contribution in [0.3, 0.4) is 0 Å². The van der Waals surface area contributed by atoms with E-state index in [2.05, 4.69) is 10.3 Å². The predicted octanol–water partition coefficient (Wildman–Crippen LogP) is 1.96. The van der Waals surface area contributed by atoms with E-state index in [1.807, 2.05) is 12.1 Å². The zero-order valence-corrected chi connectivity index (χ0v) is 10.5. The average molecular weight is 261 g/mol.